The Morgan fingerprint density at radius 3 is 1.83 bits per heavy atom. The second-order valence-electron chi connectivity index (χ2n) is 5.65. The Bertz CT molecular complexity index is 606. The Balaban J connectivity index is -0.000000417. The van der Waals surface area contributed by atoms with E-state index in [1.807, 2.05) is 26.8 Å². The van der Waals surface area contributed by atoms with E-state index < -0.39 is 0 Å². The molecule has 0 fully saturated rings. The molecule has 0 unspecified atom stereocenters. The fourth-order valence-corrected chi connectivity index (χ4v) is 2.05. The van der Waals surface area contributed by atoms with E-state index in [0.29, 0.717) is 36.9 Å². The summed E-state index contributed by atoms with van der Waals surface area (Å²) in [5, 5.41) is 8.45. The number of halogens is 2. The van der Waals surface area contributed by atoms with Gasteiger partial charge in [-0.25, -0.2) is 15.0 Å². The minimum absolute atomic E-state index is 0. The van der Waals surface area contributed by atoms with E-state index in [2.05, 4.69) is 26.9 Å². The zero-order chi connectivity index (χ0) is 21.4. The first-order chi connectivity index (χ1) is 13.4. The SMILES string of the molecule is CCCO.CCCOc1cc(C)nc(OCCC)n1.Cc1cc(Cl)nc(Cl)n1.O.[Pr]. The molecule has 0 saturated heterocycles. The van der Waals surface area contributed by atoms with Gasteiger partial charge >= 0.3 is 6.01 Å². The molecule has 0 amide bonds. The number of rotatable bonds is 7. The molecule has 11 heteroatoms. The van der Waals surface area contributed by atoms with Crippen molar-refractivity contribution in [3.8, 4) is 11.9 Å². The van der Waals surface area contributed by atoms with Crippen LogP contribution < -0.4 is 9.47 Å². The summed E-state index contributed by atoms with van der Waals surface area (Å²) in [5.41, 5.74) is 1.64. The number of aliphatic hydroxyl groups excluding tert-OH is 1. The second-order valence-corrected chi connectivity index (χ2v) is 6.38. The monoisotopic (exact) mass is 591 g/mol. The van der Waals surface area contributed by atoms with Gasteiger partial charge in [0.05, 0.1) is 13.2 Å². The van der Waals surface area contributed by atoms with Crippen LogP contribution in [0.15, 0.2) is 12.1 Å². The van der Waals surface area contributed by atoms with Crippen molar-refractivity contribution in [1.29, 1.82) is 0 Å². The molecule has 0 aliphatic carbocycles. The summed E-state index contributed by atoms with van der Waals surface area (Å²) >= 11 is 11.0. The number of aliphatic hydroxyl groups is 1. The number of nitrogens with zero attached hydrogens (tertiary/aromatic N) is 4. The smallest absolute Gasteiger partial charge is 0.319 e. The number of aromatic nitrogens is 4. The Morgan fingerprint density at radius 2 is 1.37 bits per heavy atom. The summed E-state index contributed by atoms with van der Waals surface area (Å²) in [6, 6.07) is 3.87. The van der Waals surface area contributed by atoms with Gasteiger partial charge < -0.3 is 20.1 Å². The van der Waals surface area contributed by atoms with Crippen LogP contribution in [-0.4, -0.2) is 50.3 Å². The predicted molar refractivity (Wildman–Crippen MR) is 116 cm³/mol. The standard InChI is InChI=1S/C11H18N2O2.C5H4Cl2N2.C3H8O.H2O.Pr/c1-4-6-14-10-8-9(3)12-11(13-10)15-7-5-2;1-3-2-4(6)9-5(7)8-3;1-2-3-4;;/h8H,4-7H2,1-3H3;2H,1H3;4H,2-3H2,1H3;1H2;. The van der Waals surface area contributed by atoms with Crippen molar-refractivity contribution in [1.82, 2.24) is 19.9 Å². The third-order valence-electron chi connectivity index (χ3n) is 2.72. The largest absolute Gasteiger partial charge is 0.478 e. The first kappa shape index (κ1) is 34.2. The fraction of sp³-hybridized carbons (Fsp3) is 0.579. The van der Waals surface area contributed by atoms with E-state index in [-0.39, 0.29) is 52.1 Å². The summed E-state index contributed by atoms with van der Waals surface area (Å²) in [5.74, 6) is 0.593. The van der Waals surface area contributed by atoms with Crippen molar-refractivity contribution in [3.05, 3.63) is 34.0 Å². The van der Waals surface area contributed by atoms with Gasteiger partial charge in [0.1, 0.15) is 5.15 Å². The van der Waals surface area contributed by atoms with Crippen molar-refractivity contribution in [2.75, 3.05) is 19.8 Å². The van der Waals surface area contributed by atoms with E-state index in [1.54, 1.807) is 13.0 Å². The third kappa shape index (κ3) is 18.4. The van der Waals surface area contributed by atoms with Crippen molar-refractivity contribution in [3.63, 3.8) is 0 Å². The molecule has 8 nitrogen and oxygen atoms in total. The van der Waals surface area contributed by atoms with Gasteiger partial charge in [0.2, 0.25) is 11.2 Å². The van der Waals surface area contributed by atoms with Gasteiger partial charge in [0.25, 0.3) is 0 Å². The molecule has 0 bridgehead atoms. The van der Waals surface area contributed by atoms with Gasteiger partial charge in [-0.3, -0.25) is 0 Å². The Labute approximate surface area is 222 Å². The molecule has 0 saturated carbocycles. The number of hydrogen-bond acceptors (Lipinski definition) is 7. The zero-order valence-corrected chi connectivity index (χ0v) is 23.5. The average molecular weight is 592 g/mol. The van der Waals surface area contributed by atoms with Crippen molar-refractivity contribution in [2.24, 2.45) is 0 Å². The summed E-state index contributed by atoms with van der Waals surface area (Å²) < 4.78 is 10.8. The summed E-state index contributed by atoms with van der Waals surface area (Å²) in [4.78, 5) is 15.8. The van der Waals surface area contributed by atoms with Gasteiger partial charge in [-0.1, -0.05) is 32.4 Å². The van der Waals surface area contributed by atoms with Crippen LogP contribution in [0.5, 0.6) is 11.9 Å². The van der Waals surface area contributed by atoms with E-state index in [9.17, 15) is 0 Å². The summed E-state index contributed by atoms with van der Waals surface area (Å²) in [6.07, 6.45) is 2.79. The first-order valence-electron chi connectivity index (χ1n) is 9.24. The maximum atomic E-state index is 7.88. The van der Waals surface area contributed by atoms with Gasteiger partial charge in [0, 0.05) is 65.4 Å². The molecule has 2 heterocycles. The van der Waals surface area contributed by atoms with E-state index >= 15 is 0 Å². The Kier molecular flexibility index (Phi) is 24.9. The van der Waals surface area contributed by atoms with Crippen LogP contribution in [0, 0.1) is 55.1 Å². The van der Waals surface area contributed by atoms with Crippen LogP contribution in [0.4, 0.5) is 0 Å². The van der Waals surface area contributed by atoms with E-state index in [4.69, 9.17) is 37.8 Å². The minimum Gasteiger partial charge on any atom is -0.478 e. The van der Waals surface area contributed by atoms with Crippen LogP contribution in [0.3, 0.4) is 0 Å². The Morgan fingerprint density at radius 1 is 0.833 bits per heavy atom. The number of hydrogen-bond donors (Lipinski definition) is 1. The molecule has 2 aromatic rings. The van der Waals surface area contributed by atoms with Crippen LogP contribution in [0.25, 0.3) is 0 Å². The second kappa shape index (κ2) is 21.8. The van der Waals surface area contributed by atoms with Crippen LogP contribution in [0.1, 0.15) is 51.4 Å². The minimum atomic E-state index is 0. The molecule has 2 aromatic heterocycles. The third-order valence-corrected chi connectivity index (χ3v) is 3.08. The maximum absolute atomic E-state index is 7.88. The maximum Gasteiger partial charge on any atom is 0.319 e. The van der Waals surface area contributed by atoms with Crippen molar-refractivity contribution >= 4 is 23.2 Å². The molecule has 0 aromatic carbocycles. The van der Waals surface area contributed by atoms with Crippen LogP contribution in [-0.2, 0) is 0 Å². The first-order valence-corrected chi connectivity index (χ1v) is 10.0. The Hall–Kier alpha value is -0.376. The normalized spacial score (nSPS) is 8.93. The topological polar surface area (TPSA) is 122 Å². The van der Waals surface area contributed by atoms with Gasteiger partial charge in [-0.15, -0.1) is 0 Å². The average Bonchev–Trinajstić information content (AvgIpc) is 2.64. The van der Waals surface area contributed by atoms with E-state index in [0.717, 1.165) is 30.7 Å². The van der Waals surface area contributed by atoms with Gasteiger partial charge in [-0.2, -0.15) is 4.98 Å². The number of ether oxygens (including phenoxy) is 2. The molecule has 0 spiro atoms. The molecule has 0 aliphatic rings. The summed E-state index contributed by atoms with van der Waals surface area (Å²) in [7, 11) is 0. The molecule has 3 N–H and O–H groups in total. The molecular formula is C19H32Cl2N4O4Pr. The quantitative estimate of drug-likeness (QED) is 0.381. The fourth-order valence-electron chi connectivity index (χ4n) is 1.55. The van der Waals surface area contributed by atoms with E-state index in [1.165, 1.54) is 0 Å². The molecule has 0 aliphatic heterocycles. The van der Waals surface area contributed by atoms with Crippen molar-refractivity contribution in [2.45, 2.75) is 53.9 Å². The molecule has 169 valence electrons. The zero-order valence-electron chi connectivity index (χ0n) is 18.3. The van der Waals surface area contributed by atoms with Crippen LogP contribution >= 0.6 is 23.2 Å². The van der Waals surface area contributed by atoms with Crippen molar-refractivity contribution < 1.29 is 61.3 Å². The predicted octanol–water partition coefficient (Wildman–Crippen LogP) is 4.02. The number of aryl methyl sites for hydroxylation is 2. The molecule has 0 atom stereocenters. The molecular weight excluding hydrogens is 560 g/mol. The molecule has 2 rings (SSSR count). The molecule has 30 heavy (non-hydrogen) atoms. The molecule has 1 radical (unpaired) electrons. The van der Waals surface area contributed by atoms with Crippen LogP contribution in [0.2, 0.25) is 10.4 Å². The summed E-state index contributed by atoms with van der Waals surface area (Å²) in [6.45, 7) is 11.4. The van der Waals surface area contributed by atoms with Gasteiger partial charge in [-0.05, 0) is 50.8 Å². The van der Waals surface area contributed by atoms with Gasteiger partial charge in [0.15, 0.2) is 0 Å².